The van der Waals surface area contributed by atoms with Crippen LogP contribution in [0.25, 0.3) is 0 Å². The zero-order valence-corrected chi connectivity index (χ0v) is 19.4. The summed E-state index contributed by atoms with van der Waals surface area (Å²) in [5.74, 6) is 1.35. The normalized spacial score (nSPS) is 10.1. The number of ether oxygens (including phenoxy) is 2. The molecule has 2 rings (SSSR count). The number of nitrogens with one attached hydrogen (secondary N) is 2. The molecule has 9 heteroatoms. The second-order valence-electron chi connectivity index (χ2n) is 6.01. The smallest absolute Gasteiger partial charge is 0.161 e. The van der Waals surface area contributed by atoms with Gasteiger partial charge in [0.2, 0.25) is 0 Å². The van der Waals surface area contributed by atoms with Gasteiger partial charge in [-0.2, -0.15) is 0 Å². The van der Waals surface area contributed by atoms with Crippen molar-refractivity contribution in [1.29, 1.82) is 0 Å². The van der Waals surface area contributed by atoms with E-state index < -0.39 is 0 Å². The van der Waals surface area contributed by atoms with Crippen molar-refractivity contribution in [2.45, 2.75) is 19.6 Å². The van der Waals surface area contributed by atoms with Crippen LogP contribution < -0.4 is 20.1 Å². The van der Waals surface area contributed by atoms with Crippen molar-refractivity contribution in [3.63, 3.8) is 0 Å². The average molecular weight is 486 g/mol. The lowest BCUT2D eigenvalue weighted by Crippen LogP contribution is -2.23. The lowest BCUT2D eigenvalue weighted by molar-refractivity contribution is 0.284. The Morgan fingerprint density at radius 2 is 1.69 bits per heavy atom. The second-order valence-corrected chi connectivity index (χ2v) is 6.86. The van der Waals surface area contributed by atoms with E-state index in [4.69, 9.17) is 37.8 Å². The van der Waals surface area contributed by atoms with E-state index in [1.165, 1.54) is 0 Å². The third-order valence-electron chi connectivity index (χ3n) is 3.95. The van der Waals surface area contributed by atoms with E-state index in [0.717, 1.165) is 37.2 Å². The number of aliphatic hydroxyl groups excluding tert-OH is 1. The number of aliphatic hydroxyl groups is 1. The maximum absolute atomic E-state index is 8.70. The first-order valence-electron chi connectivity index (χ1n) is 8.90. The van der Waals surface area contributed by atoms with E-state index in [-0.39, 0.29) is 31.4 Å². The fraction of sp³-hybridized carbons (Fsp3) is 0.400. The van der Waals surface area contributed by atoms with Crippen molar-refractivity contribution < 1.29 is 14.6 Å². The Morgan fingerprint density at radius 1 is 0.931 bits per heavy atom. The Bertz CT molecular complexity index is 720. The summed E-state index contributed by atoms with van der Waals surface area (Å²) in [4.78, 5) is 0. The van der Waals surface area contributed by atoms with Gasteiger partial charge in [0.05, 0.1) is 13.7 Å². The highest BCUT2D eigenvalue weighted by molar-refractivity contribution is 6.35. The van der Waals surface area contributed by atoms with Gasteiger partial charge in [-0.1, -0.05) is 35.3 Å². The average Bonchev–Trinajstić information content (AvgIpc) is 2.67. The first-order chi connectivity index (χ1) is 13.1. The maximum atomic E-state index is 8.70. The van der Waals surface area contributed by atoms with Crippen LogP contribution in [0.2, 0.25) is 10.0 Å². The molecule has 2 aromatic rings. The summed E-state index contributed by atoms with van der Waals surface area (Å²) in [6, 6.07) is 11.2. The first kappa shape index (κ1) is 28.1. The molecular weight excluding hydrogens is 458 g/mol. The van der Waals surface area contributed by atoms with E-state index in [1.807, 2.05) is 24.3 Å². The molecule has 0 fully saturated rings. The largest absolute Gasteiger partial charge is 0.493 e. The molecule has 0 unspecified atom stereocenters. The lowest BCUT2D eigenvalue weighted by atomic mass is 10.2. The first-order valence-corrected chi connectivity index (χ1v) is 9.65. The molecule has 3 N–H and O–H groups in total. The van der Waals surface area contributed by atoms with Gasteiger partial charge in [0.25, 0.3) is 0 Å². The predicted molar refractivity (Wildman–Crippen MR) is 125 cm³/mol. The molecule has 0 radical (unpaired) electrons. The van der Waals surface area contributed by atoms with Crippen LogP contribution in [0.3, 0.4) is 0 Å². The van der Waals surface area contributed by atoms with Gasteiger partial charge >= 0.3 is 0 Å². The zero-order valence-electron chi connectivity index (χ0n) is 16.2. The maximum Gasteiger partial charge on any atom is 0.161 e. The Kier molecular flexibility index (Phi) is 15.4. The van der Waals surface area contributed by atoms with Crippen LogP contribution in [0.4, 0.5) is 0 Å². The molecule has 0 atom stereocenters. The van der Waals surface area contributed by atoms with Crippen LogP contribution in [0.5, 0.6) is 11.5 Å². The monoisotopic (exact) mass is 484 g/mol. The van der Waals surface area contributed by atoms with Gasteiger partial charge in [0.15, 0.2) is 11.5 Å². The molecule has 0 aliphatic carbocycles. The highest BCUT2D eigenvalue weighted by Gasteiger charge is 2.08. The van der Waals surface area contributed by atoms with E-state index in [1.54, 1.807) is 19.2 Å². The van der Waals surface area contributed by atoms with Crippen molar-refractivity contribution in [2.24, 2.45) is 0 Å². The van der Waals surface area contributed by atoms with Crippen molar-refractivity contribution in [3.8, 4) is 11.5 Å². The summed E-state index contributed by atoms with van der Waals surface area (Å²) < 4.78 is 11.3. The van der Waals surface area contributed by atoms with E-state index in [0.29, 0.717) is 34.7 Å². The minimum Gasteiger partial charge on any atom is -0.493 e. The molecule has 0 aliphatic heterocycles. The highest BCUT2D eigenvalue weighted by Crippen LogP contribution is 2.30. The number of halogens is 4. The van der Waals surface area contributed by atoms with Crippen LogP contribution in [0.15, 0.2) is 36.4 Å². The third kappa shape index (κ3) is 10.1. The molecule has 0 bridgehead atoms. The predicted octanol–water partition coefficient (Wildman–Crippen LogP) is 4.49. The quantitative estimate of drug-likeness (QED) is 0.386. The molecule has 164 valence electrons. The Morgan fingerprint density at radius 3 is 2.38 bits per heavy atom. The molecule has 0 saturated heterocycles. The standard InChI is InChI=1S/C20H26Cl2N2O3.2ClH/c1-26-20-11-15(13-24-8-2-7-23-9-10-25)3-6-19(20)27-14-16-4-5-17(21)12-18(16)22;;/h3-6,11-12,23-25H,2,7-10,13-14H2,1H3;2*1H. The molecule has 0 spiro atoms. The summed E-state index contributed by atoms with van der Waals surface area (Å²) in [6.45, 7) is 3.68. The van der Waals surface area contributed by atoms with Gasteiger partial charge in [-0.25, -0.2) is 0 Å². The van der Waals surface area contributed by atoms with Crippen molar-refractivity contribution >= 4 is 48.0 Å². The molecule has 29 heavy (non-hydrogen) atoms. The number of benzene rings is 2. The molecule has 5 nitrogen and oxygen atoms in total. The summed E-state index contributed by atoms with van der Waals surface area (Å²) >= 11 is 12.1. The molecular formula is C20H28Cl4N2O3. The van der Waals surface area contributed by atoms with Crippen molar-refractivity contribution in [1.82, 2.24) is 10.6 Å². The number of hydrogen-bond donors (Lipinski definition) is 3. The molecule has 0 amide bonds. The Balaban J connectivity index is 0.00000392. The summed E-state index contributed by atoms with van der Waals surface area (Å²) in [5, 5.41) is 16.4. The van der Waals surface area contributed by atoms with E-state index in [2.05, 4.69) is 10.6 Å². The summed E-state index contributed by atoms with van der Waals surface area (Å²) in [7, 11) is 1.63. The van der Waals surface area contributed by atoms with Gasteiger partial charge in [0, 0.05) is 28.7 Å². The molecule has 0 aromatic heterocycles. The SMILES string of the molecule is COc1cc(CNCCCNCCO)ccc1OCc1ccc(Cl)cc1Cl.Cl.Cl. The Hall–Kier alpha value is -0.920. The van der Waals surface area contributed by atoms with E-state index in [9.17, 15) is 0 Å². The van der Waals surface area contributed by atoms with Gasteiger partial charge in [0.1, 0.15) is 6.61 Å². The number of hydrogen-bond acceptors (Lipinski definition) is 5. The fourth-order valence-corrected chi connectivity index (χ4v) is 2.97. The van der Waals surface area contributed by atoms with Crippen molar-refractivity contribution in [2.75, 3.05) is 33.4 Å². The van der Waals surface area contributed by atoms with Crippen molar-refractivity contribution in [3.05, 3.63) is 57.6 Å². The molecule has 2 aromatic carbocycles. The fourth-order valence-electron chi connectivity index (χ4n) is 2.51. The van der Waals surface area contributed by atoms with Crippen LogP contribution in [0, 0.1) is 0 Å². The molecule has 0 aliphatic rings. The van der Waals surface area contributed by atoms with Gasteiger partial charge in [-0.05, 0) is 49.3 Å². The number of methoxy groups -OCH3 is 1. The molecule has 0 saturated carbocycles. The van der Waals surface area contributed by atoms with Gasteiger partial charge in [-0.15, -0.1) is 24.8 Å². The highest BCUT2D eigenvalue weighted by atomic mass is 35.5. The number of rotatable bonds is 12. The zero-order chi connectivity index (χ0) is 19.5. The van der Waals surface area contributed by atoms with Gasteiger partial charge in [-0.3, -0.25) is 0 Å². The van der Waals surface area contributed by atoms with Crippen LogP contribution in [-0.4, -0.2) is 38.5 Å². The topological polar surface area (TPSA) is 62.8 Å². The molecule has 0 heterocycles. The Labute approximate surface area is 194 Å². The van der Waals surface area contributed by atoms with Gasteiger partial charge < -0.3 is 25.2 Å². The van der Waals surface area contributed by atoms with Crippen LogP contribution >= 0.6 is 48.0 Å². The lowest BCUT2D eigenvalue weighted by Gasteiger charge is -2.13. The van der Waals surface area contributed by atoms with Crippen LogP contribution in [0.1, 0.15) is 17.5 Å². The van der Waals surface area contributed by atoms with Crippen LogP contribution in [-0.2, 0) is 13.2 Å². The summed E-state index contributed by atoms with van der Waals surface area (Å²) in [5.41, 5.74) is 1.98. The minimum absolute atomic E-state index is 0. The van der Waals surface area contributed by atoms with E-state index >= 15 is 0 Å². The summed E-state index contributed by atoms with van der Waals surface area (Å²) in [6.07, 6.45) is 1.00. The third-order valence-corrected chi connectivity index (χ3v) is 4.54. The minimum atomic E-state index is 0. The second kappa shape index (κ2) is 15.9.